The molecule has 0 aliphatic carbocycles. The van der Waals surface area contributed by atoms with Crippen LogP contribution in [0, 0.1) is 20.8 Å². The second-order valence-electron chi connectivity index (χ2n) is 4.55. The van der Waals surface area contributed by atoms with Gasteiger partial charge in [0.05, 0.1) is 6.61 Å². The number of hydrogen-bond acceptors (Lipinski definition) is 3. The average Bonchev–Trinajstić information content (AvgIpc) is 2.35. The molecule has 0 aromatic heterocycles. The molecule has 0 atom stereocenters. The van der Waals surface area contributed by atoms with E-state index in [1.807, 2.05) is 19.1 Å². The summed E-state index contributed by atoms with van der Waals surface area (Å²) in [4.78, 5) is 22.7. The first-order valence-corrected chi connectivity index (χ1v) is 6.43. The molecule has 0 aliphatic rings. The first-order valence-electron chi connectivity index (χ1n) is 6.43. The SMILES string of the molecule is CCOC(=O)CC(=O)NCc1ccc(C)c(C)c1C. The number of rotatable bonds is 5. The second-order valence-corrected chi connectivity index (χ2v) is 4.55. The lowest BCUT2D eigenvalue weighted by Crippen LogP contribution is -2.26. The lowest BCUT2D eigenvalue weighted by atomic mass is 9.99. The lowest BCUT2D eigenvalue weighted by Gasteiger charge is -2.12. The number of carbonyl (C=O) groups is 2. The highest BCUT2D eigenvalue weighted by Gasteiger charge is 2.10. The molecular weight excluding hydrogens is 242 g/mol. The Kier molecular flexibility index (Phi) is 5.55. The molecule has 1 N–H and O–H groups in total. The molecule has 0 radical (unpaired) electrons. The number of esters is 1. The van der Waals surface area contributed by atoms with Gasteiger partial charge in [-0.3, -0.25) is 9.59 Å². The molecule has 1 amide bonds. The van der Waals surface area contributed by atoms with Crippen molar-refractivity contribution in [2.45, 2.75) is 40.7 Å². The monoisotopic (exact) mass is 263 g/mol. The van der Waals surface area contributed by atoms with Crippen LogP contribution in [0.4, 0.5) is 0 Å². The van der Waals surface area contributed by atoms with Crippen LogP contribution in [0.5, 0.6) is 0 Å². The van der Waals surface area contributed by atoms with E-state index in [2.05, 4.69) is 19.2 Å². The third-order valence-corrected chi connectivity index (χ3v) is 3.26. The quantitative estimate of drug-likeness (QED) is 0.654. The number of benzene rings is 1. The summed E-state index contributed by atoms with van der Waals surface area (Å²) in [6, 6.07) is 4.04. The van der Waals surface area contributed by atoms with Crippen LogP contribution < -0.4 is 5.32 Å². The van der Waals surface area contributed by atoms with Crippen molar-refractivity contribution in [1.82, 2.24) is 5.32 Å². The zero-order valence-electron chi connectivity index (χ0n) is 12.0. The second kappa shape index (κ2) is 6.92. The van der Waals surface area contributed by atoms with Crippen LogP contribution in [-0.2, 0) is 20.9 Å². The standard InChI is InChI=1S/C15H21NO3/c1-5-19-15(18)8-14(17)16-9-13-7-6-10(2)11(3)12(13)4/h6-7H,5,8-9H2,1-4H3,(H,16,17). The average molecular weight is 263 g/mol. The van der Waals surface area contributed by atoms with Gasteiger partial charge in [-0.05, 0) is 49.9 Å². The fraction of sp³-hybridized carbons (Fsp3) is 0.467. The Morgan fingerprint density at radius 2 is 1.84 bits per heavy atom. The summed E-state index contributed by atoms with van der Waals surface area (Å²) in [6.07, 6.45) is -0.224. The van der Waals surface area contributed by atoms with E-state index in [4.69, 9.17) is 4.74 Å². The zero-order chi connectivity index (χ0) is 14.4. The van der Waals surface area contributed by atoms with Gasteiger partial charge in [-0.1, -0.05) is 12.1 Å². The smallest absolute Gasteiger partial charge is 0.315 e. The van der Waals surface area contributed by atoms with E-state index in [0.717, 1.165) is 5.56 Å². The number of amides is 1. The van der Waals surface area contributed by atoms with E-state index in [1.54, 1.807) is 6.92 Å². The normalized spacial score (nSPS) is 10.1. The molecule has 1 aromatic carbocycles. The van der Waals surface area contributed by atoms with Crippen molar-refractivity contribution in [2.75, 3.05) is 6.61 Å². The molecule has 19 heavy (non-hydrogen) atoms. The molecule has 104 valence electrons. The van der Waals surface area contributed by atoms with Gasteiger partial charge in [0.2, 0.25) is 5.91 Å². The predicted molar refractivity (Wildman–Crippen MR) is 73.7 cm³/mol. The molecule has 0 spiro atoms. The van der Waals surface area contributed by atoms with Gasteiger partial charge in [0.15, 0.2) is 0 Å². The van der Waals surface area contributed by atoms with Crippen LogP contribution in [0.15, 0.2) is 12.1 Å². The Labute approximate surface area is 114 Å². The summed E-state index contributed by atoms with van der Waals surface area (Å²) in [7, 11) is 0. The molecule has 1 aromatic rings. The van der Waals surface area contributed by atoms with Crippen LogP contribution in [0.3, 0.4) is 0 Å². The first kappa shape index (κ1) is 15.2. The van der Waals surface area contributed by atoms with Crippen molar-refractivity contribution < 1.29 is 14.3 Å². The molecule has 4 heteroatoms. The van der Waals surface area contributed by atoms with Gasteiger partial charge in [-0.15, -0.1) is 0 Å². The third-order valence-electron chi connectivity index (χ3n) is 3.26. The fourth-order valence-corrected chi connectivity index (χ4v) is 1.80. The van der Waals surface area contributed by atoms with Gasteiger partial charge in [0.25, 0.3) is 0 Å². The Morgan fingerprint density at radius 1 is 1.16 bits per heavy atom. The molecule has 0 aliphatic heterocycles. The van der Waals surface area contributed by atoms with Crippen molar-refractivity contribution in [3.05, 3.63) is 34.4 Å². The van der Waals surface area contributed by atoms with Gasteiger partial charge in [-0.25, -0.2) is 0 Å². The van der Waals surface area contributed by atoms with Crippen LogP contribution in [0.2, 0.25) is 0 Å². The lowest BCUT2D eigenvalue weighted by molar-refractivity contribution is -0.146. The van der Waals surface area contributed by atoms with Gasteiger partial charge in [-0.2, -0.15) is 0 Å². The van der Waals surface area contributed by atoms with Crippen molar-refractivity contribution >= 4 is 11.9 Å². The van der Waals surface area contributed by atoms with Crippen molar-refractivity contribution in [1.29, 1.82) is 0 Å². The highest BCUT2D eigenvalue weighted by molar-refractivity contribution is 5.94. The van der Waals surface area contributed by atoms with E-state index in [1.165, 1.54) is 16.7 Å². The zero-order valence-corrected chi connectivity index (χ0v) is 12.0. The number of aryl methyl sites for hydroxylation is 1. The minimum atomic E-state index is -0.489. The largest absolute Gasteiger partial charge is 0.466 e. The maximum absolute atomic E-state index is 11.6. The van der Waals surface area contributed by atoms with E-state index in [0.29, 0.717) is 13.2 Å². The van der Waals surface area contributed by atoms with Gasteiger partial charge < -0.3 is 10.1 Å². The van der Waals surface area contributed by atoms with E-state index in [9.17, 15) is 9.59 Å². The summed E-state index contributed by atoms with van der Waals surface area (Å²) in [5, 5.41) is 2.74. The Balaban J connectivity index is 2.56. The summed E-state index contributed by atoms with van der Waals surface area (Å²) >= 11 is 0. The van der Waals surface area contributed by atoms with Gasteiger partial charge >= 0.3 is 5.97 Å². The Bertz CT molecular complexity index is 481. The molecule has 0 unspecified atom stereocenters. The summed E-state index contributed by atoms with van der Waals surface area (Å²) in [5.41, 5.74) is 4.72. The topological polar surface area (TPSA) is 55.4 Å². The van der Waals surface area contributed by atoms with Gasteiger partial charge in [0.1, 0.15) is 6.42 Å². The number of ether oxygens (including phenoxy) is 1. The molecule has 1 rings (SSSR count). The van der Waals surface area contributed by atoms with E-state index < -0.39 is 5.97 Å². The van der Waals surface area contributed by atoms with Crippen LogP contribution in [-0.4, -0.2) is 18.5 Å². The molecule has 0 heterocycles. The van der Waals surface area contributed by atoms with Crippen molar-refractivity contribution in [2.24, 2.45) is 0 Å². The molecule has 0 saturated carbocycles. The van der Waals surface area contributed by atoms with Crippen LogP contribution >= 0.6 is 0 Å². The first-order chi connectivity index (χ1) is 8.95. The van der Waals surface area contributed by atoms with Crippen molar-refractivity contribution in [3.8, 4) is 0 Å². The summed E-state index contributed by atoms with van der Waals surface area (Å²) in [5.74, 6) is -0.798. The molecule has 4 nitrogen and oxygen atoms in total. The molecule has 0 fully saturated rings. The molecule has 0 saturated heterocycles. The number of nitrogens with one attached hydrogen (secondary N) is 1. The van der Waals surface area contributed by atoms with Crippen molar-refractivity contribution in [3.63, 3.8) is 0 Å². The minimum Gasteiger partial charge on any atom is -0.466 e. The van der Waals surface area contributed by atoms with Crippen LogP contribution in [0.1, 0.15) is 35.6 Å². The van der Waals surface area contributed by atoms with E-state index in [-0.39, 0.29) is 12.3 Å². The molecular formula is C15H21NO3. The third kappa shape index (κ3) is 4.39. The Hall–Kier alpha value is -1.84. The summed E-state index contributed by atoms with van der Waals surface area (Å²) in [6.45, 7) is 8.61. The molecule has 0 bridgehead atoms. The maximum Gasteiger partial charge on any atom is 0.315 e. The van der Waals surface area contributed by atoms with E-state index >= 15 is 0 Å². The Morgan fingerprint density at radius 3 is 2.47 bits per heavy atom. The van der Waals surface area contributed by atoms with Crippen LogP contribution in [0.25, 0.3) is 0 Å². The number of carbonyl (C=O) groups excluding carboxylic acids is 2. The fourth-order valence-electron chi connectivity index (χ4n) is 1.80. The van der Waals surface area contributed by atoms with Gasteiger partial charge in [0, 0.05) is 6.54 Å². The highest BCUT2D eigenvalue weighted by atomic mass is 16.5. The number of hydrogen-bond donors (Lipinski definition) is 1. The summed E-state index contributed by atoms with van der Waals surface area (Å²) < 4.78 is 4.72. The predicted octanol–water partition coefficient (Wildman–Crippen LogP) is 2.18. The maximum atomic E-state index is 11.6. The minimum absolute atomic E-state index is 0.224. The highest BCUT2D eigenvalue weighted by Crippen LogP contribution is 2.16.